The lowest BCUT2D eigenvalue weighted by atomic mass is 9.83. The first-order chi connectivity index (χ1) is 6.60. The van der Waals surface area contributed by atoms with Gasteiger partial charge in [-0.15, -0.1) is 0 Å². The van der Waals surface area contributed by atoms with Crippen LogP contribution >= 0.6 is 0 Å². The minimum atomic E-state index is -0.119. The van der Waals surface area contributed by atoms with Gasteiger partial charge in [-0.1, -0.05) is 6.92 Å². The molecule has 0 aromatic heterocycles. The van der Waals surface area contributed by atoms with Crippen LogP contribution in [0.3, 0.4) is 0 Å². The lowest BCUT2D eigenvalue weighted by molar-refractivity contribution is -0.131. The van der Waals surface area contributed by atoms with Gasteiger partial charge in [-0.05, 0) is 39.2 Å². The lowest BCUT2D eigenvalue weighted by Crippen LogP contribution is -2.46. The van der Waals surface area contributed by atoms with Gasteiger partial charge in [-0.2, -0.15) is 0 Å². The van der Waals surface area contributed by atoms with Crippen molar-refractivity contribution >= 4 is 5.91 Å². The SMILES string of the molecule is CCC1(C(=O)NC2(C)CC2)CCNC1. The van der Waals surface area contributed by atoms with E-state index < -0.39 is 0 Å². The second-order valence-corrected chi connectivity index (χ2v) is 5.08. The minimum Gasteiger partial charge on any atom is -0.350 e. The summed E-state index contributed by atoms with van der Waals surface area (Å²) < 4.78 is 0. The van der Waals surface area contributed by atoms with E-state index in [1.54, 1.807) is 0 Å². The Morgan fingerprint density at radius 3 is 2.57 bits per heavy atom. The molecule has 2 rings (SSSR count). The Labute approximate surface area is 85.6 Å². The van der Waals surface area contributed by atoms with Gasteiger partial charge in [-0.3, -0.25) is 4.79 Å². The van der Waals surface area contributed by atoms with Gasteiger partial charge in [0.25, 0.3) is 0 Å². The summed E-state index contributed by atoms with van der Waals surface area (Å²) in [5.41, 5.74) is 0.00738. The van der Waals surface area contributed by atoms with Crippen molar-refractivity contribution in [3.05, 3.63) is 0 Å². The number of nitrogens with one attached hydrogen (secondary N) is 2. The van der Waals surface area contributed by atoms with E-state index in [0.717, 1.165) is 38.8 Å². The van der Waals surface area contributed by atoms with E-state index in [0.29, 0.717) is 0 Å². The Balaban J connectivity index is 2.00. The molecule has 80 valence electrons. The van der Waals surface area contributed by atoms with Crippen LogP contribution in [-0.4, -0.2) is 24.5 Å². The van der Waals surface area contributed by atoms with Gasteiger partial charge in [0, 0.05) is 12.1 Å². The van der Waals surface area contributed by atoms with Crippen molar-refractivity contribution in [1.82, 2.24) is 10.6 Å². The van der Waals surface area contributed by atoms with Crippen LogP contribution in [-0.2, 0) is 4.79 Å². The van der Waals surface area contributed by atoms with Crippen LogP contribution in [0.4, 0.5) is 0 Å². The maximum Gasteiger partial charge on any atom is 0.227 e. The average molecular weight is 196 g/mol. The van der Waals surface area contributed by atoms with Gasteiger partial charge in [0.05, 0.1) is 5.41 Å². The van der Waals surface area contributed by atoms with Crippen molar-refractivity contribution in [3.63, 3.8) is 0 Å². The fraction of sp³-hybridized carbons (Fsp3) is 0.909. The van der Waals surface area contributed by atoms with E-state index in [-0.39, 0.29) is 16.9 Å². The van der Waals surface area contributed by atoms with Crippen LogP contribution in [0.2, 0.25) is 0 Å². The summed E-state index contributed by atoms with van der Waals surface area (Å²) in [4.78, 5) is 12.1. The third-order valence-electron chi connectivity index (χ3n) is 3.82. The Morgan fingerprint density at radius 1 is 1.43 bits per heavy atom. The first-order valence-electron chi connectivity index (χ1n) is 5.64. The number of carbonyl (C=O) groups excluding carboxylic acids is 1. The Bertz CT molecular complexity index is 240. The van der Waals surface area contributed by atoms with Crippen LogP contribution in [0.25, 0.3) is 0 Å². The summed E-state index contributed by atoms with van der Waals surface area (Å²) in [6.45, 7) is 6.09. The monoisotopic (exact) mass is 196 g/mol. The van der Waals surface area contributed by atoms with E-state index >= 15 is 0 Å². The molecule has 1 unspecified atom stereocenters. The molecule has 2 fully saturated rings. The Hall–Kier alpha value is -0.570. The molecular weight excluding hydrogens is 176 g/mol. The first kappa shape index (κ1) is 9.97. The fourth-order valence-corrected chi connectivity index (χ4v) is 2.12. The van der Waals surface area contributed by atoms with Gasteiger partial charge in [0.2, 0.25) is 5.91 Å². The molecule has 3 nitrogen and oxygen atoms in total. The smallest absolute Gasteiger partial charge is 0.227 e. The lowest BCUT2D eigenvalue weighted by Gasteiger charge is -2.27. The molecule has 1 amide bonds. The minimum absolute atomic E-state index is 0.119. The summed E-state index contributed by atoms with van der Waals surface area (Å²) in [6, 6.07) is 0. The molecule has 1 saturated heterocycles. The molecule has 2 aliphatic rings. The number of rotatable bonds is 3. The van der Waals surface area contributed by atoms with Crippen LogP contribution < -0.4 is 10.6 Å². The molecule has 0 aromatic carbocycles. The molecule has 1 heterocycles. The quantitative estimate of drug-likeness (QED) is 0.708. The topological polar surface area (TPSA) is 41.1 Å². The van der Waals surface area contributed by atoms with E-state index in [1.807, 2.05) is 0 Å². The van der Waals surface area contributed by atoms with E-state index in [4.69, 9.17) is 0 Å². The molecular formula is C11H20N2O. The third kappa shape index (κ3) is 1.65. The second kappa shape index (κ2) is 3.23. The highest BCUT2D eigenvalue weighted by Crippen LogP contribution is 2.37. The Morgan fingerprint density at radius 2 is 2.14 bits per heavy atom. The van der Waals surface area contributed by atoms with Gasteiger partial charge in [0.1, 0.15) is 0 Å². The maximum absolute atomic E-state index is 12.1. The molecule has 2 N–H and O–H groups in total. The van der Waals surface area contributed by atoms with Crippen molar-refractivity contribution in [2.24, 2.45) is 5.41 Å². The van der Waals surface area contributed by atoms with Crippen molar-refractivity contribution in [2.45, 2.75) is 45.1 Å². The molecule has 14 heavy (non-hydrogen) atoms. The molecule has 1 aliphatic carbocycles. The predicted octanol–water partition coefficient (Wildman–Crippen LogP) is 1.04. The summed E-state index contributed by atoms with van der Waals surface area (Å²) >= 11 is 0. The van der Waals surface area contributed by atoms with Gasteiger partial charge >= 0.3 is 0 Å². The van der Waals surface area contributed by atoms with Crippen molar-refractivity contribution in [1.29, 1.82) is 0 Å². The maximum atomic E-state index is 12.1. The van der Waals surface area contributed by atoms with Crippen LogP contribution in [0.5, 0.6) is 0 Å². The van der Waals surface area contributed by atoms with E-state index in [2.05, 4.69) is 24.5 Å². The van der Waals surface area contributed by atoms with E-state index in [1.165, 1.54) is 0 Å². The van der Waals surface area contributed by atoms with Crippen molar-refractivity contribution < 1.29 is 4.79 Å². The zero-order valence-corrected chi connectivity index (χ0v) is 9.15. The third-order valence-corrected chi connectivity index (χ3v) is 3.82. The van der Waals surface area contributed by atoms with E-state index in [9.17, 15) is 4.79 Å². The van der Waals surface area contributed by atoms with Gasteiger partial charge in [-0.25, -0.2) is 0 Å². The largest absolute Gasteiger partial charge is 0.350 e. The Kier molecular flexibility index (Phi) is 2.30. The van der Waals surface area contributed by atoms with Crippen LogP contribution in [0, 0.1) is 5.41 Å². The zero-order chi connectivity index (χ0) is 10.2. The summed E-state index contributed by atoms with van der Waals surface area (Å²) in [5.74, 6) is 0.269. The number of hydrogen-bond donors (Lipinski definition) is 2. The van der Waals surface area contributed by atoms with Crippen molar-refractivity contribution in [2.75, 3.05) is 13.1 Å². The van der Waals surface area contributed by atoms with Crippen LogP contribution in [0.1, 0.15) is 39.5 Å². The molecule has 0 radical (unpaired) electrons. The fourth-order valence-electron chi connectivity index (χ4n) is 2.12. The zero-order valence-electron chi connectivity index (χ0n) is 9.15. The number of hydrogen-bond acceptors (Lipinski definition) is 2. The summed E-state index contributed by atoms with van der Waals surface area (Å²) in [5, 5.41) is 6.48. The second-order valence-electron chi connectivity index (χ2n) is 5.08. The predicted molar refractivity (Wildman–Crippen MR) is 56.0 cm³/mol. The molecule has 1 saturated carbocycles. The summed E-state index contributed by atoms with van der Waals surface area (Å²) in [6.07, 6.45) is 4.23. The first-order valence-corrected chi connectivity index (χ1v) is 5.64. The van der Waals surface area contributed by atoms with Gasteiger partial charge in [0.15, 0.2) is 0 Å². The number of carbonyl (C=O) groups is 1. The molecule has 0 aromatic rings. The summed E-state index contributed by atoms with van der Waals surface area (Å²) in [7, 11) is 0. The standard InChI is InChI=1S/C11H20N2O/c1-3-11(6-7-12-8-11)9(14)13-10(2)4-5-10/h12H,3-8H2,1-2H3,(H,13,14). The molecule has 0 bridgehead atoms. The van der Waals surface area contributed by atoms with Crippen molar-refractivity contribution in [3.8, 4) is 0 Å². The highest BCUT2D eigenvalue weighted by atomic mass is 16.2. The normalized spacial score (nSPS) is 34.1. The highest BCUT2D eigenvalue weighted by molar-refractivity contribution is 5.84. The average Bonchev–Trinajstić information content (AvgIpc) is 2.72. The van der Waals surface area contributed by atoms with Gasteiger partial charge < -0.3 is 10.6 Å². The molecule has 0 spiro atoms. The van der Waals surface area contributed by atoms with Crippen LogP contribution in [0.15, 0.2) is 0 Å². The molecule has 1 aliphatic heterocycles. The number of amides is 1. The molecule has 3 heteroatoms. The molecule has 1 atom stereocenters. The highest BCUT2D eigenvalue weighted by Gasteiger charge is 2.45.